The first-order valence-electron chi connectivity index (χ1n) is 8.50. The molecule has 2 fully saturated rings. The maximum absolute atomic E-state index is 10.9. The van der Waals surface area contributed by atoms with Crippen LogP contribution in [0.15, 0.2) is 30.3 Å². The van der Waals surface area contributed by atoms with Crippen molar-refractivity contribution in [3.05, 3.63) is 35.9 Å². The standard InChI is InChI=1S/C18H27NO3/c20-17(15-8-4-5-9-15)18(21)16(14-6-2-1-3-7-14)19-10-12-22-13-11-19/h1-3,6-7,15-18,20-21H,4-5,8-13H2. The van der Waals surface area contributed by atoms with E-state index in [1.807, 2.05) is 30.3 Å². The summed E-state index contributed by atoms with van der Waals surface area (Å²) in [6, 6.07) is 9.92. The number of ether oxygens (including phenoxy) is 1. The number of hydrogen-bond acceptors (Lipinski definition) is 4. The van der Waals surface area contributed by atoms with Crippen molar-refractivity contribution >= 4 is 0 Å². The molecule has 4 heteroatoms. The van der Waals surface area contributed by atoms with Crippen molar-refractivity contribution < 1.29 is 14.9 Å². The Morgan fingerprint density at radius 3 is 2.27 bits per heavy atom. The van der Waals surface area contributed by atoms with Crippen LogP contribution in [-0.4, -0.2) is 53.6 Å². The van der Waals surface area contributed by atoms with E-state index in [-0.39, 0.29) is 12.0 Å². The lowest BCUT2D eigenvalue weighted by atomic mass is 9.88. The minimum absolute atomic E-state index is 0.152. The van der Waals surface area contributed by atoms with Crippen molar-refractivity contribution in [2.75, 3.05) is 26.3 Å². The van der Waals surface area contributed by atoms with E-state index < -0.39 is 12.2 Å². The average molecular weight is 305 g/mol. The van der Waals surface area contributed by atoms with Gasteiger partial charge in [-0.3, -0.25) is 4.90 Å². The second-order valence-electron chi connectivity index (χ2n) is 6.53. The predicted molar refractivity (Wildman–Crippen MR) is 85.5 cm³/mol. The molecular formula is C18H27NO3. The molecule has 1 aliphatic heterocycles. The number of nitrogens with zero attached hydrogens (tertiary/aromatic N) is 1. The quantitative estimate of drug-likeness (QED) is 0.873. The zero-order chi connectivity index (χ0) is 15.4. The molecule has 2 N–H and O–H groups in total. The molecule has 1 saturated heterocycles. The Labute approximate surface area is 132 Å². The molecular weight excluding hydrogens is 278 g/mol. The van der Waals surface area contributed by atoms with E-state index in [1.165, 1.54) is 12.8 Å². The maximum atomic E-state index is 10.9. The molecule has 0 bridgehead atoms. The van der Waals surface area contributed by atoms with Crippen LogP contribution >= 0.6 is 0 Å². The lowest BCUT2D eigenvalue weighted by Gasteiger charge is -2.40. The molecule has 1 aromatic rings. The van der Waals surface area contributed by atoms with Crippen molar-refractivity contribution in [2.24, 2.45) is 5.92 Å². The van der Waals surface area contributed by atoms with Crippen LogP contribution in [0, 0.1) is 5.92 Å². The van der Waals surface area contributed by atoms with Crippen molar-refractivity contribution in [3.63, 3.8) is 0 Å². The van der Waals surface area contributed by atoms with Gasteiger partial charge in [0.2, 0.25) is 0 Å². The van der Waals surface area contributed by atoms with Crippen LogP contribution in [0.3, 0.4) is 0 Å². The van der Waals surface area contributed by atoms with Crippen LogP contribution in [0.4, 0.5) is 0 Å². The number of aliphatic hydroxyl groups excluding tert-OH is 2. The molecule has 1 saturated carbocycles. The van der Waals surface area contributed by atoms with Gasteiger partial charge in [0.15, 0.2) is 0 Å². The summed E-state index contributed by atoms with van der Waals surface area (Å²) in [5.41, 5.74) is 1.08. The normalized spacial score (nSPS) is 25.0. The predicted octanol–water partition coefficient (Wildman–Crippen LogP) is 1.97. The lowest BCUT2D eigenvalue weighted by Crippen LogP contribution is -2.48. The summed E-state index contributed by atoms with van der Waals surface area (Å²) in [5, 5.41) is 21.6. The van der Waals surface area contributed by atoms with Crippen molar-refractivity contribution in [1.82, 2.24) is 4.90 Å². The van der Waals surface area contributed by atoms with E-state index in [0.717, 1.165) is 31.5 Å². The fourth-order valence-corrected chi connectivity index (χ4v) is 3.89. The molecule has 1 heterocycles. The van der Waals surface area contributed by atoms with E-state index in [2.05, 4.69) is 4.90 Å². The summed E-state index contributed by atoms with van der Waals surface area (Å²) >= 11 is 0. The third-order valence-electron chi connectivity index (χ3n) is 5.14. The second kappa shape index (κ2) is 7.55. The van der Waals surface area contributed by atoms with Gasteiger partial charge in [0.25, 0.3) is 0 Å². The second-order valence-corrected chi connectivity index (χ2v) is 6.53. The van der Waals surface area contributed by atoms with Gasteiger partial charge in [0, 0.05) is 13.1 Å². The third kappa shape index (κ3) is 3.51. The van der Waals surface area contributed by atoms with E-state index in [4.69, 9.17) is 4.74 Å². The first kappa shape index (κ1) is 15.9. The largest absolute Gasteiger partial charge is 0.390 e. The molecule has 0 spiro atoms. The first-order valence-corrected chi connectivity index (χ1v) is 8.50. The van der Waals surface area contributed by atoms with Gasteiger partial charge in [-0.1, -0.05) is 43.2 Å². The fraction of sp³-hybridized carbons (Fsp3) is 0.667. The Balaban J connectivity index is 1.80. The summed E-state index contributed by atoms with van der Waals surface area (Å²) in [6.07, 6.45) is 3.01. The minimum Gasteiger partial charge on any atom is -0.390 e. The Kier molecular flexibility index (Phi) is 5.47. The number of morpholine rings is 1. The minimum atomic E-state index is -0.747. The van der Waals surface area contributed by atoms with Crippen LogP contribution < -0.4 is 0 Å². The summed E-state index contributed by atoms with van der Waals surface area (Å²) in [7, 11) is 0. The Bertz CT molecular complexity index is 441. The van der Waals surface area contributed by atoms with Gasteiger partial charge in [0.1, 0.15) is 0 Å². The van der Waals surface area contributed by atoms with Crippen LogP contribution in [0.2, 0.25) is 0 Å². The van der Waals surface area contributed by atoms with Gasteiger partial charge >= 0.3 is 0 Å². The molecule has 2 aliphatic rings. The highest BCUT2D eigenvalue weighted by atomic mass is 16.5. The molecule has 1 aromatic carbocycles. The zero-order valence-corrected chi connectivity index (χ0v) is 13.1. The molecule has 4 nitrogen and oxygen atoms in total. The molecule has 0 amide bonds. The van der Waals surface area contributed by atoms with E-state index >= 15 is 0 Å². The number of aliphatic hydroxyl groups is 2. The third-order valence-corrected chi connectivity index (χ3v) is 5.14. The Morgan fingerprint density at radius 1 is 1.00 bits per heavy atom. The molecule has 0 aromatic heterocycles. The maximum Gasteiger partial charge on any atom is 0.0998 e. The Hall–Kier alpha value is -0.940. The van der Waals surface area contributed by atoms with E-state index in [0.29, 0.717) is 13.2 Å². The van der Waals surface area contributed by atoms with E-state index in [9.17, 15) is 10.2 Å². The average Bonchev–Trinajstić information content (AvgIpc) is 3.11. The molecule has 1 aliphatic carbocycles. The van der Waals surface area contributed by atoms with E-state index in [1.54, 1.807) is 0 Å². The summed E-state index contributed by atoms with van der Waals surface area (Å²) in [5.74, 6) is 0.238. The highest BCUT2D eigenvalue weighted by Gasteiger charge is 2.37. The molecule has 22 heavy (non-hydrogen) atoms. The number of benzene rings is 1. The smallest absolute Gasteiger partial charge is 0.0998 e. The van der Waals surface area contributed by atoms with Crippen molar-refractivity contribution in [1.29, 1.82) is 0 Å². The highest BCUT2D eigenvalue weighted by Crippen LogP contribution is 2.34. The number of rotatable bonds is 5. The fourth-order valence-electron chi connectivity index (χ4n) is 3.89. The summed E-state index contributed by atoms with van der Waals surface area (Å²) in [6.45, 7) is 2.98. The monoisotopic (exact) mass is 305 g/mol. The van der Waals surface area contributed by atoms with Gasteiger partial charge in [0.05, 0.1) is 31.5 Å². The van der Waals surface area contributed by atoms with Gasteiger partial charge < -0.3 is 14.9 Å². The van der Waals surface area contributed by atoms with Crippen LogP contribution in [0.1, 0.15) is 37.3 Å². The van der Waals surface area contributed by atoms with Crippen LogP contribution in [0.25, 0.3) is 0 Å². The van der Waals surface area contributed by atoms with Gasteiger partial charge in [-0.15, -0.1) is 0 Å². The van der Waals surface area contributed by atoms with Crippen LogP contribution in [0.5, 0.6) is 0 Å². The zero-order valence-electron chi connectivity index (χ0n) is 13.1. The topological polar surface area (TPSA) is 52.9 Å². The summed E-state index contributed by atoms with van der Waals surface area (Å²) < 4.78 is 5.44. The Morgan fingerprint density at radius 2 is 1.64 bits per heavy atom. The van der Waals surface area contributed by atoms with Gasteiger partial charge in [-0.05, 0) is 24.3 Å². The number of hydrogen-bond donors (Lipinski definition) is 2. The molecule has 122 valence electrons. The molecule has 3 rings (SSSR count). The lowest BCUT2D eigenvalue weighted by molar-refractivity contribution is -0.0827. The van der Waals surface area contributed by atoms with Crippen molar-refractivity contribution in [3.8, 4) is 0 Å². The summed E-state index contributed by atoms with van der Waals surface area (Å²) in [4.78, 5) is 2.25. The first-order chi connectivity index (χ1) is 10.8. The van der Waals surface area contributed by atoms with Gasteiger partial charge in [-0.2, -0.15) is 0 Å². The van der Waals surface area contributed by atoms with Crippen LogP contribution in [-0.2, 0) is 4.74 Å². The highest BCUT2D eigenvalue weighted by molar-refractivity contribution is 5.21. The SMILES string of the molecule is OC(C1CCCC1)C(O)C(c1ccccc1)N1CCOCC1. The molecule has 3 atom stereocenters. The molecule has 0 radical (unpaired) electrons. The van der Waals surface area contributed by atoms with Gasteiger partial charge in [-0.25, -0.2) is 0 Å². The van der Waals surface area contributed by atoms with Crippen molar-refractivity contribution in [2.45, 2.75) is 43.9 Å². The molecule has 3 unspecified atom stereocenters.